The van der Waals surface area contributed by atoms with Gasteiger partial charge >= 0.3 is 0 Å². The van der Waals surface area contributed by atoms with Gasteiger partial charge in [0.15, 0.2) is 0 Å². The number of pyridine rings is 2. The van der Waals surface area contributed by atoms with E-state index in [4.69, 9.17) is 9.97 Å². The van der Waals surface area contributed by atoms with E-state index in [2.05, 4.69) is 55.5 Å². The van der Waals surface area contributed by atoms with Crippen molar-refractivity contribution in [2.75, 3.05) is 60.7 Å². The van der Waals surface area contributed by atoms with Gasteiger partial charge < -0.3 is 25.3 Å². The van der Waals surface area contributed by atoms with Gasteiger partial charge in [-0.3, -0.25) is 0 Å². The molecule has 9 nitrogen and oxygen atoms in total. The summed E-state index contributed by atoms with van der Waals surface area (Å²) in [4.78, 5) is 26.1. The molecule has 0 spiro atoms. The van der Waals surface area contributed by atoms with E-state index in [-0.39, 0.29) is 0 Å². The molecule has 2 aliphatic rings. The SMILES string of the molecule is CN(C)C1CCN(c2ccc(Nc3cc4c(N5CCCC5)nc(Nc5ccccc5)nc4cn3)nc2)CC1. The van der Waals surface area contributed by atoms with Crippen molar-refractivity contribution in [1.29, 1.82) is 0 Å². The molecule has 2 N–H and O–H groups in total. The zero-order valence-corrected chi connectivity index (χ0v) is 22.1. The van der Waals surface area contributed by atoms with Crippen molar-refractivity contribution in [3.63, 3.8) is 0 Å². The Morgan fingerprint density at radius 3 is 2.26 bits per heavy atom. The van der Waals surface area contributed by atoms with E-state index in [9.17, 15) is 0 Å². The number of anilines is 6. The second kappa shape index (κ2) is 10.8. The lowest BCUT2D eigenvalue weighted by molar-refractivity contribution is 0.249. The van der Waals surface area contributed by atoms with Crippen LogP contribution in [0.5, 0.6) is 0 Å². The number of nitrogens with zero attached hydrogens (tertiary/aromatic N) is 7. The summed E-state index contributed by atoms with van der Waals surface area (Å²) in [6, 6.07) is 16.9. The summed E-state index contributed by atoms with van der Waals surface area (Å²) in [6.45, 7) is 4.11. The summed E-state index contributed by atoms with van der Waals surface area (Å²) in [7, 11) is 4.34. The first kappa shape index (κ1) is 24.4. The van der Waals surface area contributed by atoms with Gasteiger partial charge in [-0.2, -0.15) is 4.98 Å². The second-order valence-electron chi connectivity index (χ2n) is 10.4. The average molecular weight is 510 g/mol. The summed E-state index contributed by atoms with van der Waals surface area (Å²) in [5, 5.41) is 7.72. The van der Waals surface area contributed by atoms with E-state index in [0.29, 0.717) is 12.0 Å². The maximum absolute atomic E-state index is 4.93. The number of benzene rings is 1. The second-order valence-corrected chi connectivity index (χ2v) is 10.4. The van der Waals surface area contributed by atoms with E-state index in [0.717, 1.165) is 60.2 Å². The first-order chi connectivity index (χ1) is 18.6. The third kappa shape index (κ3) is 5.33. The minimum Gasteiger partial charge on any atom is -0.370 e. The monoisotopic (exact) mass is 509 g/mol. The molecule has 0 aliphatic carbocycles. The molecule has 2 saturated heterocycles. The Morgan fingerprint density at radius 2 is 1.55 bits per heavy atom. The number of nitrogens with one attached hydrogen (secondary N) is 2. The lowest BCUT2D eigenvalue weighted by Gasteiger charge is -2.36. The average Bonchev–Trinajstić information content (AvgIpc) is 3.49. The Labute approximate surface area is 223 Å². The van der Waals surface area contributed by atoms with E-state index < -0.39 is 0 Å². The fourth-order valence-electron chi connectivity index (χ4n) is 5.38. The maximum atomic E-state index is 4.93. The standard InChI is InChI=1S/C29H35N9/c1-36(2)22-12-16-37(17-13-22)23-10-11-26(30-19-23)34-27-18-24-25(20-31-27)33-29(32-21-8-4-3-5-9-21)35-28(24)38-14-6-7-15-38/h3-5,8-11,18-20,22H,6-7,12-17H2,1-2H3,(H,30,31,34)(H,32,33,35). The van der Waals surface area contributed by atoms with Crippen molar-refractivity contribution >= 4 is 45.7 Å². The molecule has 0 atom stereocenters. The Bertz CT molecular complexity index is 1360. The summed E-state index contributed by atoms with van der Waals surface area (Å²) in [6.07, 6.45) is 8.48. The molecular formula is C29H35N9. The highest BCUT2D eigenvalue weighted by molar-refractivity contribution is 5.92. The largest absolute Gasteiger partial charge is 0.370 e. The first-order valence-electron chi connectivity index (χ1n) is 13.5. The van der Waals surface area contributed by atoms with Crippen molar-refractivity contribution in [3.8, 4) is 0 Å². The maximum Gasteiger partial charge on any atom is 0.229 e. The topological polar surface area (TPSA) is 85.3 Å². The fourth-order valence-corrected chi connectivity index (χ4v) is 5.38. The number of rotatable bonds is 7. The zero-order chi connectivity index (χ0) is 25.9. The number of para-hydroxylation sites is 1. The minimum absolute atomic E-state index is 0.583. The van der Waals surface area contributed by atoms with E-state index in [1.54, 1.807) is 0 Å². The van der Waals surface area contributed by atoms with Crippen LogP contribution in [0, 0.1) is 0 Å². The van der Waals surface area contributed by atoms with Crippen LogP contribution in [-0.2, 0) is 0 Å². The van der Waals surface area contributed by atoms with Crippen LogP contribution in [0.4, 0.5) is 34.8 Å². The molecule has 5 heterocycles. The van der Waals surface area contributed by atoms with Gasteiger partial charge in [-0.1, -0.05) is 18.2 Å². The van der Waals surface area contributed by atoms with Crippen LogP contribution in [0.2, 0.25) is 0 Å². The number of piperidine rings is 1. The summed E-state index contributed by atoms with van der Waals surface area (Å²) >= 11 is 0. The van der Waals surface area contributed by atoms with Crippen LogP contribution in [0.3, 0.4) is 0 Å². The van der Waals surface area contributed by atoms with Crippen molar-refractivity contribution in [1.82, 2.24) is 24.8 Å². The molecule has 1 aromatic carbocycles. The molecule has 6 rings (SSSR count). The van der Waals surface area contributed by atoms with Crippen molar-refractivity contribution in [2.45, 2.75) is 31.7 Å². The van der Waals surface area contributed by atoms with Crippen LogP contribution >= 0.6 is 0 Å². The lowest BCUT2D eigenvalue weighted by atomic mass is 10.0. The van der Waals surface area contributed by atoms with Gasteiger partial charge in [0.1, 0.15) is 17.5 Å². The van der Waals surface area contributed by atoms with Crippen LogP contribution in [0.15, 0.2) is 60.9 Å². The normalized spacial score (nSPS) is 16.4. The van der Waals surface area contributed by atoms with Gasteiger partial charge in [-0.05, 0) is 70.1 Å². The molecule has 4 aromatic rings. The highest BCUT2D eigenvalue weighted by atomic mass is 15.2. The molecule has 2 aliphatic heterocycles. The molecule has 9 heteroatoms. The Morgan fingerprint density at radius 1 is 0.789 bits per heavy atom. The quantitative estimate of drug-likeness (QED) is 0.356. The Kier molecular flexibility index (Phi) is 6.92. The molecule has 2 fully saturated rings. The van der Waals surface area contributed by atoms with Gasteiger partial charge in [0.25, 0.3) is 0 Å². The first-order valence-corrected chi connectivity index (χ1v) is 13.5. The molecular weight excluding hydrogens is 474 g/mol. The third-order valence-electron chi connectivity index (χ3n) is 7.56. The van der Waals surface area contributed by atoms with E-state index in [1.165, 1.54) is 31.4 Å². The van der Waals surface area contributed by atoms with Gasteiger partial charge in [-0.15, -0.1) is 0 Å². The number of aromatic nitrogens is 4. The zero-order valence-electron chi connectivity index (χ0n) is 22.1. The Balaban J connectivity index is 1.22. The van der Waals surface area contributed by atoms with Crippen molar-refractivity contribution in [2.24, 2.45) is 0 Å². The van der Waals surface area contributed by atoms with Crippen LogP contribution in [0.25, 0.3) is 10.9 Å². The van der Waals surface area contributed by atoms with Gasteiger partial charge in [0, 0.05) is 43.3 Å². The van der Waals surface area contributed by atoms with Crippen LogP contribution < -0.4 is 20.4 Å². The lowest BCUT2D eigenvalue weighted by Crippen LogP contribution is -2.42. The van der Waals surface area contributed by atoms with Crippen LogP contribution in [-0.4, -0.2) is 71.2 Å². The smallest absolute Gasteiger partial charge is 0.229 e. The highest BCUT2D eigenvalue weighted by Gasteiger charge is 2.21. The molecule has 38 heavy (non-hydrogen) atoms. The molecule has 3 aromatic heterocycles. The summed E-state index contributed by atoms with van der Waals surface area (Å²) in [5.74, 6) is 3.04. The van der Waals surface area contributed by atoms with Crippen LogP contribution in [0.1, 0.15) is 25.7 Å². The summed E-state index contributed by atoms with van der Waals surface area (Å²) < 4.78 is 0. The third-order valence-corrected chi connectivity index (χ3v) is 7.56. The molecule has 0 radical (unpaired) electrons. The van der Waals surface area contributed by atoms with Gasteiger partial charge in [-0.25, -0.2) is 15.0 Å². The number of fused-ring (bicyclic) bond motifs is 1. The van der Waals surface area contributed by atoms with Gasteiger partial charge in [0.05, 0.1) is 23.6 Å². The predicted octanol–water partition coefficient (Wildman–Crippen LogP) is 5.04. The number of hydrogen-bond donors (Lipinski definition) is 2. The van der Waals surface area contributed by atoms with Crippen molar-refractivity contribution < 1.29 is 0 Å². The predicted molar refractivity (Wildman–Crippen MR) is 155 cm³/mol. The molecule has 0 saturated carbocycles. The summed E-state index contributed by atoms with van der Waals surface area (Å²) in [5.41, 5.74) is 2.94. The van der Waals surface area contributed by atoms with E-state index >= 15 is 0 Å². The highest BCUT2D eigenvalue weighted by Crippen LogP contribution is 2.31. The molecule has 0 bridgehead atoms. The van der Waals surface area contributed by atoms with Crippen molar-refractivity contribution in [3.05, 3.63) is 60.9 Å². The Hall–Kier alpha value is -3.98. The van der Waals surface area contributed by atoms with E-state index in [1.807, 2.05) is 54.9 Å². The molecule has 196 valence electrons. The molecule has 0 unspecified atom stereocenters. The minimum atomic E-state index is 0.583. The van der Waals surface area contributed by atoms with Gasteiger partial charge in [0.2, 0.25) is 5.95 Å². The number of hydrogen-bond acceptors (Lipinski definition) is 9. The fraction of sp³-hybridized carbons (Fsp3) is 0.379. The molecule has 0 amide bonds.